The molecule has 0 aliphatic heterocycles. The molecule has 20 heavy (non-hydrogen) atoms. The first-order chi connectivity index (χ1) is 9.73. The number of hydrogen-bond donors (Lipinski definition) is 1. The van der Waals surface area contributed by atoms with Gasteiger partial charge < -0.3 is 10.1 Å². The maximum absolute atomic E-state index is 13.3. The smallest absolute Gasteiger partial charge is 0.142 e. The Morgan fingerprint density at radius 3 is 2.55 bits per heavy atom. The summed E-state index contributed by atoms with van der Waals surface area (Å²) in [5.41, 5.74) is 2.26. The number of nitrogens with one attached hydrogen (secondary N) is 1. The van der Waals surface area contributed by atoms with Crippen molar-refractivity contribution < 1.29 is 9.13 Å². The molecule has 0 spiro atoms. The van der Waals surface area contributed by atoms with Crippen molar-refractivity contribution in [2.75, 3.05) is 19.0 Å². The number of halogens is 1. The van der Waals surface area contributed by atoms with E-state index in [2.05, 4.69) is 29.6 Å². The Bertz CT molecular complexity index is 593. The lowest BCUT2D eigenvalue weighted by molar-refractivity contribution is 0.415. The van der Waals surface area contributed by atoms with Crippen LogP contribution in [0.4, 0.5) is 10.1 Å². The van der Waals surface area contributed by atoms with E-state index in [1.165, 1.54) is 30.5 Å². The van der Waals surface area contributed by atoms with Crippen molar-refractivity contribution in [3.63, 3.8) is 0 Å². The molecule has 2 aromatic carbocycles. The van der Waals surface area contributed by atoms with E-state index in [9.17, 15) is 4.39 Å². The number of anilines is 1. The summed E-state index contributed by atoms with van der Waals surface area (Å²) in [6, 6.07) is 15.0. The molecule has 1 fully saturated rings. The summed E-state index contributed by atoms with van der Waals surface area (Å²) in [7, 11) is 1.60. The van der Waals surface area contributed by atoms with Gasteiger partial charge in [-0.1, -0.05) is 30.3 Å². The molecule has 0 bridgehead atoms. The fourth-order valence-corrected chi connectivity index (χ4v) is 2.59. The monoisotopic (exact) mass is 271 g/mol. The summed E-state index contributed by atoms with van der Waals surface area (Å²) in [6.07, 6.45) is 2.34. The molecule has 0 amide bonds. The zero-order valence-electron chi connectivity index (χ0n) is 11.5. The van der Waals surface area contributed by atoms with Crippen LogP contribution in [0.2, 0.25) is 0 Å². The Kier molecular flexibility index (Phi) is 3.35. The fourth-order valence-electron chi connectivity index (χ4n) is 2.59. The highest BCUT2D eigenvalue weighted by atomic mass is 19.1. The van der Waals surface area contributed by atoms with E-state index in [4.69, 9.17) is 4.74 Å². The van der Waals surface area contributed by atoms with Crippen molar-refractivity contribution in [2.24, 2.45) is 0 Å². The molecule has 2 nitrogen and oxygen atoms in total. The Morgan fingerprint density at radius 2 is 1.90 bits per heavy atom. The van der Waals surface area contributed by atoms with Gasteiger partial charge in [0.15, 0.2) is 0 Å². The first-order valence-corrected chi connectivity index (χ1v) is 6.86. The summed E-state index contributed by atoms with van der Waals surface area (Å²) >= 11 is 0. The molecule has 1 aliphatic rings. The van der Waals surface area contributed by atoms with E-state index in [-0.39, 0.29) is 11.2 Å². The zero-order valence-corrected chi connectivity index (χ0v) is 11.5. The van der Waals surface area contributed by atoms with Gasteiger partial charge in [-0.3, -0.25) is 0 Å². The molecule has 1 aliphatic carbocycles. The zero-order chi connectivity index (χ0) is 14.0. The molecule has 0 atom stereocenters. The minimum absolute atomic E-state index is 0.193. The third kappa shape index (κ3) is 2.48. The van der Waals surface area contributed by atoms with Gasteiger partial charge in [-0.2, -0.15) is 0 Å². The van der Waals surface area contributed by atoms with Crippen LogP contribution in [-0.2, 0) is 5.41 Å². The highest BCUT2D eigenvalue weighted by molar-refractivity contribution is 5.57. The molecule has 0 saturated heterocycles. The van der Waals surface area contributed by atoms with E-state index in [1.807, 2.05) is 6.07 Å². The Morgan fingerprint density at radius 1 is 1.15 bits per heavy atom. The molecule has 0 unspecified atom stereocenters. The van der Waals surface area contributed by atoms with Gasteiger partial charge in [0, 0.05) is 18.0 Å². The molecule has 104 valence electrons. The van der Waals surface area contributed by atoms with Crippen LogP contribution in [0.25, 0.3) is 0 Å². The van der Waals surface area contributed by atoms with Crippen LogP contribution in [0, 0.1) is 5.82 Å². The van der Waals surface area contributed by atoms with Crippen LogP contribution in [-0.4, -0.2) is 13.7 Å². The number of rotatable bonds is 5. The molecule has 3 heteroatoms. The number of methoxy groups -OCH3 is 1. The second kappa shape index (κ2) is 5.16. The van der Waals surface area contributed by atoms with Gasteiger partial charge in [0.25, 0.3) is 0 Å². The largest absolute Gasteiger partial charge is 0.495 e. The maximum Gasteiger partial charge on any atom is 0.142 e. The predicted molar refractivity (Wildman–Crippen MR) is 78.8 cm³/mol. The van der Waals surface area contributed by atoms with Crippen LogP contribution >= 0.6 is 0 Å². The van der Waals surface area contributed by atoms with E-state index in [0.717, 1.165) is 12.2 Å². The van der Waals surface area contributed by atoms with Crippen LogP contribution in [0.1, 0.15) is 18.4 Å². The molecule has 2 aromatic rings. The van der Waals surface area contributed by atoms with Crippen molar-refractivity contribution >= 4 is 5.69 Å². The third-order valence-electron chi connectivity index (χ3n) is 4.02. The van der Waals surface area contributed by atoms with Crippen LogP contribution in [0.3, 0.4) is 0 Å². The van der Waals surface area contributed by atoms with Crippen molar-refractivity contribution in [1.29, 1.82) is 0 Å². The van der Waals surface area contributed by atoms with Gasteiger partial charge in [-0.15, -0.1) is 0 Å². The third-order valence-corrected chi connectivity index (χ3v) is 4.02. The molecule has 3 rings (SSSR count). The molecule has 1 N–H and O–H groups in total. The minimum atomic E-state index is -0.252. The summed E-state index contributed by atoms with van der Waals surface area (Å²) in [6.45, 7) is 0.802. The standard InChI is InChI=1S/C17H18FNO/c1-20-16-8-7-14(18)11-15(16)19-12-17(9-10-17)13-5-3-2-4-6-13/h2-8,11,19H,9-10,12H2,1H3. The second-order valence-electron chi connectivity index (χ2n) is 5.34. The number of benzene rings is 2. The lowest BCUT2D eigenvalue weighted by Gasteiger charge is -2.18. The van der Waals surface area contributed by atoms with Gasteiger partial charge in [0.05, 0.1) is 12.8 Å². The number of ether oxygens (including phenoxy) is 1. The minimum Gasteiger partial charge on any atom is -0.495 e. The molecule has 0 heterocycles. The second-order valence-corrected chi connectivity index (χ2v) is 5.34. The lowest BCUT2D eigenvalue weighted by atomic mass is 9.96. The highest BCUT2D eigenvalue weighted by Crippen LogP contribution is 2.48. The van der Waals surface area contributed by atoms with Gasteiger partial charge in [-0.05, 0) is 30.5 Å². The van der Waals surface area contributed by atoms with E-state index >= 15 is 0 Å². The highest BCUT2D eigenvalue weighted by Gasteiger charge is 2.43. The first kappa shape index (κ1) is 13.0. The molecule has 0 radical (unpaired) electrons. The van der Waals surface area contributed by atoms with Gasteiger partial charge in [0.2, 0.25) is 0 Å². The Hall–Kier alpha value is -2.03. The van der Waals surface area contributed by atoms with Gasteiger partial charge in [-0.25, -0.2) is 4.39 Å². The lowest BCUT2D eigenvalue weighted by Crippen LogP contribution is -2.19. The summed E-state index contributed by atoms with van der Waals surface area (Å²) in [5.74, 6) is 0.424. The predicted octanol–water partition coefficient (Wildman–Crippen LogP) is 3.98. The van der Waals surface area contributed by atoms with Gasteiger partial charge in [0.1, 0.15) is 11.6 Å². The average molecular weight is 271 g/mol. The van der Waals surface area contributed by atoms with Gasteiger partial charge >= 0.3 is 0 Å². The first-order valence-electron chi connectivity index (χ1n) is 6.86. The van der Waals surface area contributed by atoms with Crippen molar-refractivity contribution in [1.82, 2.24) is 0 Å². The van der Waals surface area contributed by atoms with E-state index in [0.29, 0.717) is 5.75 Å². The summed E-state index contributed by atoms with van der Waals surface area (Å²) < 4.78 is 18.6. The molecule has 1 saturated carbocycles. The SMILES string of the molecule is COc1ccc(F)cc1NCC1(c2ccccc2)CC1. The Labute approximate surface area is 118 Å². The topological polar surface area (TPSA) is 21.3 Å². The fraction of sp³-hybridized carbons (Fsp3) is 0.294. The van der Waals surface area contributed by atoms with E-state index in [1.54, 1.807) is 13.2 Å². The van der Waals surface area contributed by atoms with Crippen molar-refractivity contribution in [2.45, 2.75) is 18.3 Å². The molecular formula is C17H18FNO. The van der Waals surface area contributed by atoms with E-state index < -0.39 is 0 Å². The van der Waals surface area contributed by atoms with Crippen molar-refractivity contribution in [3.8, 4) is 5.75 Å². The quantitative estimate of drug-likeness (QED) is 0.888. The normalized spacial score (nSPS) is 15.7. The number of hydrogen-bond acceptors (Lipinski definition) is 2. The summed E-state index contributed by atoms with van der Waals surface area (Å²) in [4.78, 5) is 0. The van der Waals surface area contributed by atoms with Crippen LogP contribution in [0.15, 0.2) is 48.5 Å². The average Bonchev–Trinajstić information content (AvgIpc) is 3.27. The Balaban J connectivity index is 1.76. The maximum atomic E-state index is 13.3. The van der Waals surface area contributed by atoms with Crippen LogP contribution in [0.5, 0.6) is 5.75 Å². The summed E-state index contributed by atoms with van der Waals surface area (Å²) in [5, 5.41) is 3.34. The van der Waals surface area contributed by atoms with Crippen molar-refractivity contribution in [3.05, 3.63) is 59.9 Å². The molecule has 0 aromatic heterocycles. The molecular weight excluding hydrogens is 253 g/mol. The van der Waals surface area contributed by atoms with Crippen LogP contribution < -0.4 is 10.1 Å².